The molecule has 9 heteroatoms. The smallest absolute Gasteiger partial charge is 0.264 e. The van der Waals surface area contributed by atoms with E-state index in [2.05, 4.69) is 14.8 Å². The van der Waals surface area contributed by atoms with Gasteiger partial charge in [-0.3, -0.25) is 4.18 Å². The first kappa shape index (κ1) is 25.7. The Kier molecular flexibility index (Phi) is 19.7. The summed E-state index contributed by atoms with van der Waals surface area (Å²) in [7, 11) is 0.297. The molecule has 8 nitrogen and oxygen atoms in total. The van der Waals surface area contributed by atoms with Crippen molar-refractivity contribution in [2.75, 3.05) is 40.2 Å². The highest BCUT2D eigenvalue weighted by Crippen LogP contribution is 1.89. The number of aliphatic hydroxyl groups is 2. The van der Waals surface area contributed by atoms with Crippen LogP contribution < -0.4 is 16.4 Å². The second-order valence-corrected chi connectivity index (χ2v) is 6.35. The van der Waals surface area contributed by atoms with Crippen LogP contribution in [0.15, 0.2) is 0 Å². The van der Waals surface area contributed by atoms with Crippen LogP contribution in [0.5, 0.6) is 0 Å². The SMILES string of the molecule is CN[C@H](C)CO.CN[C@H](C)COS(C)(=O)=O.C[C@@H](N)CO. The zero-order valence-corrected chi connectivity index (χ0v) is 14.8. The standard InChI is InChI=1S/C5H13NO3S.C4H11NO.C3H9NO/c1-5(6-2)4-9-10(3,7)8;1-4(3-6)5-2;1-3(4)2-5/h5-6H,4H2,1-3H3;4-6H,3H2,1-2H3;3,5H,2,4H2,1H3/t5-;4-;3-/m111/s1. The number of hydrogen-bond acceptors (Lipinski definition) is 8. The van der Waals surface area contributed by atoms with Gasteiger partial charge in [0.15, 0.2) is 0 Å². The molecule has 21 heavy (non-hydrogen) atoms. The van der Waals surface area contributed by atoms with Gasteiger partial charge in [-0.25, -0.2) is 0 Å². The molecule has 0 fully saturated rings. The third kappa shape index (κ3) is 32.9. The van der Waals surface area contributed by atoms with Crippen molar-refractivity contribution < 1.29 is 22.8 Å². The van der Waals surface area contributed by atoms with Gasteiger partial charge in [-0.2, -0.15) is 8.42 Å². The van der Waals surface area contributed by atoms with E-state index in [1.165, 1.54) is 0 Å². The molecule has 0 aliphatic rings. The summed E-state index contributed by atoms with van der Waals surface area (Å²) in [6, 6.07) is 0.245. The molecule has 0 saturated heterocycles. The highest BCUT2D eigenvalue weighted by Gasteiger charge is 2.04. The lowest BCUT2D eigenvalue weighted by Gasteiger charge is -2.07. The lowest BCUT2D eigenvalue weighted by molar-refractivity contribution is 0.258. The lowest BCUT2D eigenvalue weighted by Crippen LogP contribution is -2.27. The molecule has 0 bridgehead atoms. The summed E-state index contributed by atoms with van der Waals surface area (Å²) in [6.45, 7) is 6.00. The normalized spacial score (nSPS) is 14.9. The lowest BCUT2D eigenvalue weighted by atomic mass is 10.4. The number of rotatable bonds is 7. The first-order chi connectivity index (χ1) is 9.53. The van der Waals surface area contributed by atoms with Gasteiger partial charge in [-0.05, 0) is 34.9 Å². The monoisotopic (exact) mass is 331 g/mol. The number of aliphatic hydroxyl groups excluding tert-OH is 2. The maximum atomic E-state index is 10.4. The Morgan fingerprint density at radius 1 is 1.05 bits per heavy atom. The summed E-state index contributed by atoms with van der Waals surface area (Å²) >= 11 is 0. The van der Waals surface area contributed by atoms with Gasteiger partial charge in [0.05, 0.1) is 26.1 Å². The van der Waals surface area contributed by atoms with Crippen molar-refractivity contribution in [3.8, 4) is 0 Å². The molecule has 0 unspecified atom stereocenters. The fourth-order valence-corrected chi connectivity index (χ4v) is 0.852. The van der Waals surface area contributed by atoms with Crippen LogP contribution in [-0.2, 0) is 14.3 Å². The van der Waals surface area contributed by atoms with Gasteiger partial charge >= 0.3 is 0 Å². The van der Waals surface area contributed by atoms with Gasteiger partial charge in [0.2, 0.25) is 0 Å². The van der Waals surface area contributed by atoms with E-state index in [4.69, 9.17) is 15.9 Å². The van der Waals surface area contributed by atoms with Crippen molar-refractivity contribution >= 4 is 10.1 Å². The Hall–Kier alpha value is -0.290. The van der Waals surface area contributed by atoms with Crippen LogP contribution in [-0.4, -0.2) is 76.9 Å². The molecule has 0 amide bonds. The molecule has 0 aliphatic heterocycles. The molecule has 0 aromatic rings. The van der Waals surface area contributed by atoms with Gasteiger partial charge in [0.1, 0.15) is 0 Å². The Morgan fingerprint density at radius 3 is 1.57 bits per heavy atom. The molecule has 0 rings (SSSR count). The van der Waals surface area contributed by atoms with Crippen molar-refractivity contribution in [2.45, 2.75) is 38.9 Å². The van der Waals surface area contributed by atoms with Gasteiger partial charge in [-0.1, -0.05) is 0 Å². The predicted octanol–water partition coefficient (Wildman–Crippen LogP) is -1.52. The topological polar surface area (TPSA) is 134 Å². The largest absolute Gasteiger partial charge is 0.395 e. The molecule has 0 aromatic carbocycles. The number of nitrogens with two attached hydrogens (primary N) is 1. The summed E-state index contributed by atoms with van der Waals surface area (Å²) in [6.07, 6.45) is 1.04. The van der Waals surface area contributed by atoms with Gasteiger partial charge < -0.3 is 26.6 Å². The average Bonchev–Trinajstić information content (AvgIpc) is 2.44. The van der Waals surface area contributed by atoms with E-state index < -0.39 is 10.1 Å². The number of likely N-dealkylation sites (N-methyl/N-ethyl adjacent to an activating group) is 2. The van der Waals surface area contributed by atoms with E-state index in [1.54, 1.807) is 14.0 Å². The van der Waals surface area contributed by atoms with E-state index >= 15 is 0 Å². The van der Waals surface area contributed by atoms with E-state index in [0.29, 0.717) is 0 Å². The second-order valence-electron chi connectivity index (χ2n) is 4.71. The van der Waals surface area contributed by atoms with Crippen LogP contribution in [0.25, 0.3) is 0 Å². The first-order valence-electron chi connectivity index (χ1n) is 6.70. The zero-order chi connectivity index (χ0) is 17.5. The number of nitrogens with one attached hydrogen (secondary N) is 2. The molecule has 0 saturated carbocycles. The first-order valence-corrected chi connectivity index (χ1v) is 8.51. The highest BCUT2D eigenvalue weighted by molar-refractivity contribution is 7.85. The van der Waals surface area contributed by atoms with Crippen LogP contribution in [0, 0.1) is 0 Å². The molecule has 132 valence electrons. The molecule has 0 heterocycles. The Balaban J connectivity index is -0.000000252. The Labute approximate surface area is 129 Å². The minimum atomic E-state index is -3.27. The molecule has 6 N–H and O–H groups in total. The maximum absolute atomic E-state index is 10.4. The fourth-order valence-electron chi connectivity index (χ4n) is 0.400. The van der Waals surface area contributed by atoms with Crippen LogP contribution in [0.3, 0.4) is 0 Å². The molecular formula is C12H33N3O5S. The summed E-state index contributed by atoms with van der Waals surface area (Å²) < 4.78 is 25.3. The molecular weight excluding hydrogens is 298 g/mol. The van der Waals surface area contributed by atoms with Gasteiger partial charge in [-0.15, -0.1) is 0 Å². The van der Waals surface area contributed by atoms with Crippen molar-refractivity contribution in [3.05, 3.63) is 0 Å². The highest BCUT2D eigenvalue weighted by atomic mass is 32.2. The van der Waals surface area contributed by atoms with Crippen molar-refractivity contribution in [1.29, 1.82) is 0 Å². The Bertz CT molecular complexity index is 295. The minimum absolute atomic E-state index is 0.0602. The van der Waals surface area contributed by atoms with E-state index in [0.717, 1.165) is 6.26 Å². The summed E-state index contributed by atoms with van der Waals surface area (Å²) in [5.74, 6) is 0. The molecule has 0 aliphatic carbocycles. The summed E-state index contributed by atoms with van der Waals surface area (Å²) in [4.78, 5) is 0. The quantitative estimate of drug-likeness (QED) is 0.355. The van der Waals surface area contributed by atoms with E-state index in [-0.39, 0.29) is 37.9 Å². The fraction of sp³-hybridized carbons (Fsp3) is 1.00. The molecule has 0 spiro atoms. The average molecular weight is 331 g/mol. The van der Waals surface area contributed by atoms with Crippen molar-refractivity contribution in [2.24, 2.45) is 5.73 Å². The molecule has 0 aromatic heterocycles. The minimum Gasteiger partial charge on any atom is -0.395 e. The van der Waals surface area contributed by atoms with Crippen LogP contribution in [0.4, 0.5) is 0 Å². The molecule has 3 atom stereocenters. The van der Waals surface area contributed by atoms with Crippen LogP contribution >= 0.6 is 0 Å². The number of hydrogen-bond donors (Lipinski definition) is 5. The summed E-state index contributed by atoms with van der Waals surface area (Å²) in [5.41, 5.74) is 5.04. The molecule has 0 radical (unpaired) electrons. The van der Waals surface area contributed by atoms with Crippen molar-refractivity contribution in [1.82, 2.24) is 10.6 Å². The van der Waals surface area contributed by atoms with Crippen LogP contribution in [0.2, 0.25) is 0 Å². The predicted molar refractivity (Wildman–Crippen MR) is 85.7 cm³/mol. The van der Waals surface area contributed by atoms with E-state index in [9.17, 15) is 8.42 Å². The Morgan fingerprint density at radius 2 is 1.43 bits per heavy atom. The zero-order valence-electron chi connectivity index (χ0n) is 14.0. The second kappa shape index (κ2) is 16.1. The summed E-state index contributed by atoms with van der Waals surface area (Å²) in [5, 5.41) is 22.0. The third-order valence-electron chi connectivity index (χ3n) is 2.08. The third-order valence-corrected chi connectivity index (χ3v) is 2.64. The maximum Gasteiger partial charge on any atom is 0.264 e. The van der Waals surface area contributed by atoms with Crippen LogP contribution in [0.1, 0.15) is 20.8 Å². The van der Waals surface area contributed by atoms with Gasteiger partial charge in [0, 0.05) is 18.1 Å². The van der Waals surface area contributed by atoms with Gasteiger partial charge in [0.25, 0.3) is 10.1 Å². The van der Waals surface area contributed by atoms with E-state index in [1.807, 2.05) is 20.9 Å². The van der Waals surface area contributed by atoms with Crippen molar-refractivity contribution in [3.63, 3.8) is 0 Å².